The molecular weight excluding hydrogens is 140 g/mol. The van der Waals surface area contributed by atoms with Crippen LogP contribution in [0.3, 0.4) is 0 Å². The van der Waals surface area contributed by atoms with Crippen LogP contribution in [0.2, 0.25) is 0 Å². The van der Waals surface area contributed by atoms with Crippen molar-refractivity contribution < 1.29 is 9.90 Å². The summed E-state index contributed by atoms with van der Waals surface area (Å²) >= 11 is 0. The Morgan fingerprint density at radius 2 is 2.18 bits per heavy atom. The van der Waals surface area contributed by atoms with Crippen molar-refractivity contribution in [1.29, 1.82) is 0 Å². The van der Waals surface area contributed by atoms with Gasteiger partial charge in [0.25, 0.3) is 0 Å². The maximum Gasteiger partial charge on any atom is 0.339 e. The highest BCUT2D eigenvalue weighted by Crippen LogP contribution is 2.01. The van der Waals surface area contributed by atoms with Crippen LogP contribution in [0.1, 0.15) is 20.3 Å². The van der Waals surface area contributed by atoms with Crippen molar-refractivity contribution >= 4 is 5.97 Å². The molecule has 0 saturated carbocycles. The summed E-state index contributed by atoms with van der Waals surface area (Å²) in [6.45, 7) is 7.08. The summed E-state index contributed by atoms with van der Waals surface area (Å²) in [5.41, 5.74) is 3.87. The highest BCUT2D eigenvalue weighted by molar-refractivity contribution is 5.86. The molecule has 0 aromatic rings. The topological polar surface area (TPSA) is 37.3 Å². The fourth-order valence-corrected chi connectivity index (χ4v) is 0.638. The van der Waals surface area contributed by atoms with Crippen LogP contribution in [-0.2, 0) is 4.79 Å². The molecule has 0 unspecified atom stereocenters. The molecule has 0 saturated heterocycles. The molecule has 0 aromatic carbocycles. The molecule has 0 fully saturated rings. The first-order valence-electron chi connectivity index (χ1n) is 3.35. The van der Waals surface area contributed by atoms with E-state index in [1.165, 1.54) is 0 Å². The van der Waals surface area contributed by atoms with Crippen molar-refractivity contribution in [1.82, 2.24) is 0 Å². The van der Waals surface area contributed by atoms with Crippen LogP contribution >= 0.6 is 0 Å². The van der Waals surface area contributed by atoms with Crippen molar-refractivity contribution in [2.45, 2.75) is 20.3 Å². The van der Waals surface area contributed by atoms with E-state index in [0.29, 0.717) is 6.42 Å². The van der Waals surface area contributed by atoms with Crippen LogP contribution < -0.4 is 0 Å². The SMILES string of the molecule is C=CCC(=C=C(C)C)C(=O)O. The Balaban J connectivity index is 4.74. The van der Waals surface area contributed by atoms with E-state index in [2.05, 4.69) is 12.3 Å². The first kappa shape index (κ1) is 9.73. The average molecular weight is 152 g/mol. The van der Waals surface area contributed by atoms with E-state index in [-0.39, 0.29) is 5.57 Å². The zero-order valence-corrected chi connectivity index (χ0v) is 6.85. The molecule has 0 aromatic heterocycles. The molecule has 60 valence electrons. The van der Waals surface area contributed by atoms with Crippen LogP contribution in [-0.4, -0.2) is 11.1 Å². The van der Waals surface area contributed by atoms with Crippen molar-refractivity contribution in [2.75, 3.05) is 0 Å². The lowest BCUT2D eigenvalue weighted by Gasteiger charge is -1.91. The van der Waals surface area contributed by atoms with Gasteiger partial charge in [-0.3, -0.25) is 0 Å². The van der Waals surface area contributed by atoms with E-state index in [4.69, 9.17) is 5.11 Å². The van der Waals surface area contributed by atoms with E-state index >= 15 is 0 Å². The summed E-state index contributed by atoms with van der Waals surface area (Å²) < 4.78 is 0. The Hall–Kier alpha value is -1.27. The molecule has 0 aliphatic carbocycles. The molecule has 1 N–H and O–H groups in total. The van der Waals surface area contributed by atoms with Gasteiger partial charge in [0.1, 0.15) is 0 Å². The second-order valence-electron chi connectivity index (χ2n) is 2.40. The van der Waals surface area contributed by atoms with Crippen LogP contribution in [0.5, 0.6) is 0 Å². The third kappa shape index (κ3) is 4.18. The molecule has 0 aliphatic heterocycles. The van der Waals surface area contributed by atoms with Gasteiger partial charge in [0.15, 0.2) is 0 Å². The number of rotatable bonds is 3. The maximum absolute atomic E-state index is 10.5. The molecule has 0 rings (SSSR count). The Labute approximate surface area is 66.5 Å². The van der Waals surface area contributed by atoms with Gasteiger partial charge in [0.2, 0.25) is 0 Å². The highest BCUT2D eigenvalue weighted by Gasteiger charge is 2.02. The van der Waals surface area contributed by atoms with Gasteiger partial charge >= 0.3 is 5.97 Å². The van der Waals surface area contributed by atoms with E-state index < -0.39 is 5.97 Å². The van der Waals surface area contributed by atoms with Crippen LogP contribution in [0.25, 0.3) is 0 Å². The number of hydrogen-bond acceptors (Lipinski definition) is 1. The Morgan fingerprint density at radius 1 is 1.64 bits per heavy atom. The molecule has 2 nitrogen and oxygen atoms in total. The minimum atomic E-state index is -0.925. The lowest BCUT2D eigenvalue weighted by Crippen LogP contribution is -1.97. The van der Waals surface area contributed by atoms with Gasteiger partial charge in [0, 0.05) is 6.42 Å². The summed E-state index contributed by atoms with van der Waals surface area (Å²) in [6.07, 6.45) is 1.92. The monoisotopic (exact) mass is 152 g/mol. The van der Waals surface area contributed by atoms with Gasteiger partial charge in [-0.15, -0.1) is 12.3 Å². The van der Waals surface area contributed by atoms with E-state index in [0.717, 1.165) is 5.57 Å². The largest absolute Gasteiger partial charge is 0.477 e. The van der Waals surface area contributed by atoms with Gasteiger partial charge in [0.05, 0.1) is 5.57 Å². The van der Waals surface area contributed by atoms with Gasteiger partial charge in [-0.1, -0.05) is 6.08 Å². The van der Waals surface area contributed by atoms with Crippen LogP contribution in [0, 0.1) is 0 Å². The summed E-state index contributed by atoms with van der Waals surface area (Å²) in [6, 6.07) is 0. The van der Waals surface area contributed by atoms with E-state index in [9.17, 15) is 4.79 Å². The molecule has 2 heteroatoms. The predicted octanol–water partition coefficient (Wildman–Crippen LogP) is 2.14. The molecule has 11 heavy (non-hydrogen) atoms. The second-order valence-corrected chi connectivity index (χ2v) is 2.40. The predicted molar refractivity (Wildman–Crippen MR) is 44.3 cm³/mol. The Kier molecular flexibility index (Phi) is 4.01. The zero-order valence-electron chi connectivity index (χ0n) is 6.85. The van der Waals surface area contributed by atoms with Crippen molar-refractivity contribution in [2.24, 2.45) is 0 Å². The lowest BCUT2D eigenvalue weighted by atomic mass is 10.2. The van der Waals surface area contributed by atoms with Gasteiger partial charge < -0.3 is 5.11 Å². The Morgan fingerprint density at radius 3 is 2.45 bits per heavy atom. The van der Waals surface area contributed by atoms with E-state index in [1.807, 2.05) is 13.8 Å². The second kappa shape index (κ2) is 4.53. The van der Waals surface area contributed by atoms with E-state index in [1.54, 1.807) is 6.08 Å². The van der Waals surface area contributed by atoms with Crippen LogP contribution in [0.15, 0.2) is 29.5 Å². The quantitative estimate of drug-likeness (QED) is 0.382. The number of hydrogen-bond donors (Lipinski definition) is 1. The van der Waals surface area contributed by atoms with Crippen molar-refractivity contribution in [3.8, 4) is 0 Å². The molecule has 0 radical (unpaired) electrons. The molecule has 0 bridgehead atoms. The fraction of sp³-hybridized carbons (Fsp3) is 0.333. The Bertz CT molecular complexity index is 226. The lowest BCUT2D eigenvalue weighted by molar-refractivity contribution is -0.132. The highest BCUT2D eigenvalue weighted by atomic mass is 16.4. The van der Waals surface area contributed by atoms with Gasteiger partial charge in [-0.05, 0) is 19.4 Å². The minimum Gasteiger partial charge on any atom is -0.477 e. The van der Waals surface area contributed by atoms with Crippen molar-refractivity contribution in [3.63, 3.8) is 0 Å². The summed E-state index contributed by atoms with van der Waals surface area (Å²) in [7, 11) is 0. The van der Waals surface area contributed by atoms with Crippen LogP contribution in [0.4, 0.5) is 0 Å². The summed E-state index contributed by atoms with van der Waals surface area (Å²) in [4.78, 5) is 10.5. The molecule has 0 heterocycles. The van der Waals surface area contributed by atoms with Gasteiger partial charge in [-0.25, -0.2) is 4.79 Å². The smallest absolute Gasteiger partial charge is 0.339 e. The third-order valence-electron chi connectivity index (χ3n) is 1.01. The normalized spacial score (nSPS) is 8.18. The molecule has 0 aliphatic rings. The molecule has 0 spiro atoms. The third-order valence-corrected chi connectivity index (χ3v) is 1.01. The fourth-order valence-electron chi connectivity index (χ4n) is 0.638. The van der Waals surface area contributed by atoms with Gasteiger partial charge in [-0.2, -0.15) is 0 Å². The number of carboxylic acids is 1. The number of carboxylic acid groups (broad SMARTS) is 1. The number of allylic oxidation sites excluding steroid dienone is 1. The molecule has 0 atom stereocenters. The minimum absolute atomic E-state index is 0.264. The number of aliphatic carboxylic acids is 1. The standard InChI is InChI=1S/C9H12O2/c1-4-5-8(9(10)11)6-7(2)3/h4H,1,5H2,2-3H3,(H,10,11). The zero-order chi connectivity index (χ0) is 8.85. The van der Waals surface area contributed by atoms with Crippen molar-refractivity contribution in [3.05, 3.63) is 29.5 Å². The molecule has 0 amide bonds. The first-order chi connectivity index (χ1) is 5.07. The number of carbonyl (C=O) groups is 1. The summed E-state index contributed by atoms with van der Waals surface area (Å²) in [5, 5.41) is 8.59. The average Bonchev–Trinajstić information content (AvgIpc) is 1.86. The molecular formula is C9H12O2. The maximum atomic E-state index is 10.5. The first-order valence-corrected chi connectivity index (χ1v) is 3.35. The summed E-state index contributed by atoms with van der Waals surface area (Å²) in [5.74, 6) is -0.925.